The van der Waals surface area contributed by atoms with Crippen molar-refractivity contribution in [1.82, 2.24) is 9.97 Å². The van der Waals surface area contributed by atoms with E-state index in [-0.39, 0.29) is 0 Å². The minimum Gasteiger partial charge on any atom is -0.383 e. The fraction of sp³-hybridized carbons (Fsp3) is 0. The van der Waals surface area contributed by atoms with Gasteiger partial charge in [-0.25, -0.2) is 4.98 Å². The van der Waals surface area contributed by atoms with Crippen LogP contribution in [0.3, 0.4) is 0 Å². The van der Waals surface area contributed by atoms with Gasteiger partial charge in [0, 0.05) is 40.0 Å². The van der Waals surface area contributed by atoms with Crippen molar-refractivity contribution in [3.05, 3.63) is 53.4 Å². The first-order valence-electron chi connectivity index (χ1n) is 4.94. The minimum atomic E-state index is 0.444. The molecule has 5 heteroatoms. The Morgan fingerprint density at radius 1 is 1.35 bits per heavy atom. The summed E-state index contributed by atoms with van der Waals surface area (Å²) in [6.45, 7) is 3.95. The third kappa shape index (κ3) is 2.82. The molecule has 3 N–H and O–H groups in total. The average molecular weight is 291 g/mol. The Bertz CT molecular complexity index is 539. The van der Waals surface area contributed by atoms with Gasteiger partial charge < -0.3 is 11.1 Å². The molecule has 0 aliphatic rings. The second-order valence-corrected chi connectivity index (χ2v) is 4.34. The van der Waals surface area contributed by atoms with Crippen LogP contribution in [0.5, 0.6) is 0 Å². The van der Waals surface area contributed by atoms with E-state index >= 15 is 0 Å². The maximum atomic E-state index is 5.80. The quantitative estimate of drug-likeness (QED) is 0.912. The molecule has 0 unspecified atom stereocenters. The van der Waals surface area contributed by atoms with Gasteiger partial charge in [0.15, 0.2) is 0 Å². The van der Waals surface area contributed by atoms with Gasteiger partial charge in [0.05, 0.1) is 0 Å². The maximum Gasteiger partial charge on any atom is 0.132 e. The van der Waals surface area contributed by atoms with Crippen molar-refractivity contribution in [2.75, 3.05) is 11.1 Å². The van der Waals surface area contributed by atoms with Gasteiger partial charge >= 0.3 is 0 Å². The van der Waals surface area contributed by atoms with Gasteiger partial charge in [-0.05, 0) is 34.1 Å². The van der Waals surface area contributed by atoms with Crippen molar-refractivity contribution in [2.45, 2.75) is 0 Å². The zero-order chi connectivity index (χ0) is 12.3. The average Bonchev–Trinajstić information content (AvgIpc) is 2.33. The first-order valence-corrected chi connectivity index (χ1v) is 5.73. The highest BCUT2D eigenvalue weighted by Crippen LogP contribution is 2.23. The molecule has 17 heavy (non-hydrogen) atoms. The Labute approximate surface area is 108 Å². The minimum absolute atomic E-state index is 0.444. The standard InChI is InChI=1S/C12H11BrN4/c1-8(17-10-2-4-15-5-3-10)11-6-9(13)7-16-12(11)14/h2-7H,1H2,(H2,14,16)(H,15,17). The van der Waals surface area contributed by atoms with Crippen LogP contribution in [0.25, 0.3) is 5.70 Å². The highest BCUT2D eigenvalue weighted by Gasteiger charge is 2.06. The van der Waals surface area contributed by atoms with E-state index in [1.54, 1.807) is 18.6 Å². The van der Waals surface area contributed by atoms with Crippen LogP contribution in [0.15, 0.2) is 47.8 Å². The summed E-state index contributed by atoms with van der Waals surface area (Å²) in [6, 6.07) is 5.58. The fourth-order valence-corrected chi connectivity index (χ4v) is 1.70. The number of nitrogens with one attached hydrogen (secondary N) is 1. The molecule has 0 amide bonds. The van der Waals surface area contributed by atoms with Crippen molar-refractivity contribution in [1.29, 1.82) is 0 Å². The van der Waals surface area contributed by atoms with Crippen LogP contribution < -0.4 is 11.1 Å². The van der Waals surface area contributed by atoms with Crippen molar-refractivity contribution >= 4 is 33.1 Å². The summed E-state index contributed by atoms with van der Waals surface area (Å²) >= 11 is 3.35. The Morgan fingerprint density at radius 2 is 2.06 bits per heavy atom. The topological polar surface area (TPSA) is 63.8 Å². The van der Waals surface area contributed by atoms with E-state index in [4.69, 9.17) is 5.73 Å². The van der Waals surface area contributed by atoms with E-state index < -0.39 is 0 Å². The van der Waals surface area contributed by atoms with Gasteiger partial charge in [-0.1, -0.05) is 6.58 Å². The summed E-state index contributed by atoms with van der Waals surface area (Å²) in [5.74, 6) is 0.444. The fourth-order valence-electron chi connectivity index (χ4n) is 1.37. The monoisotopic (exact) mass is 290 g/mol. The molecule has 0 saturated heterocycles. The highest BCUT2D eigenvalue weighted by molar-refractivity contribution is 9.10. The van der Waals surface area contributed by atoms with Crippen LogP contribution >= 0.6 is 15.9 Å². The number of hydrogen-bond acceptors (Lipinski definition) is 4. The van der Waals surface area contributed by atoms with Gasteiger partial charge in [-0.3, -0.25) is 4.98 Å². The molecule has 0 aliphatic heterocycles. The lowest BCUT2D eigenvalue weighted by atomic mass is 10.2. The third-order valence-corrected chi connectivity index (χ3v) is 2.62. The summed E-state index contributed by atoms with van der Waals surface area (Å²) in [4.78, 5) is 8.00. The molecule has 0 radical (unpaired) electrons. The summed E-state index contributed by atoms with van der Waals surface area (Å²) in [6.07, 6.45) is 5.06. The third-order valence-electron chi connectivity index (χ3n) is 2.19. The smallest absolute Gasteiger partial charge is 0.132 e. The summed E-state index contributed by atoms with van der Waals surface area (Å²) in [7, 11) is 0. The predicted octanol–water partition coefficient (Wildman–Crippen LogP) is 2.90. The Kier molecular flexibility index (Phi) is 3.39. The zero-order valence-corrected chi connectivity index (χ0v) is 10.6. The van der Waals surface area contributed by atoms with Crippen molar-refractivity contribution < 1.29 is 0 Å². The lowest BCUT2D eigenvalue weighted by Gasteiger charge is -2.11. The van der Waals surface area contributed by atoms with Gasteiger partial charge in [0.25, 0.3) is 0 Å². The molecule has 2 heterocycles. The van der Waals surface area contributed by atoms with Crippen LogP contribution in [0.4, 0.5) is 11.5 Å². The van der Waals surface area contributed by atoms with Gasteiger partial charge in [0.1, 0.15) is 5.82 Å². The van der Waals surface area contributed by atoms with Crippen LogP contribution in [0.2, 0.25) is 0 Å². The lowest BCUT2D eigenvalue weighted by Crippen LogP contribution is -2.02. The first kappa shape index (κ1) is 11.6. The van der Waals surface area contributed by atoms with Crippen molar-refractivity contribution in [3.8, 4) is 0 Å². The Balaban J connectivity index is 2.23. The Hall–Kier alpha value is -1.88. The summed E-state index contributed by atoms with van der Waals surface area (Å²) in [5, 5.41) is 3.15. The molecule has 0 saturated carbocycles. The van der Waals surface area contributed by atoms with Crippen molar-refractivity contribution in [2.24, 2.45) is 0 Å². The molecule has 0 fully saturated rings. The molecular formula is C12H11BrN4. The number of nitrogens with zero attached hydrogens (tertiary/aromatic N) is 2. The number of pyridine rings is 2. The molecule has 0 atom stereocenters. The zero-order valence-electron chi connectivity index (χ0n) is 9.02. The second-order valence-electron chi connectivity index (χ2n) is 3.43. The number of hydrogen-bond donors (Lipinski definition) is 2. The number of aromatic nitrogens is 2. The number of nitrogen functional groups attached to an aromatic ring is 1. The number of anilines is 2. The van der Waals surface area contributed by atoms with E-state index in [2.05, 4.69) is 37.8 Å². The molecule has 4 nitrogen and oxygen atoms in total. The van der Waals surface area contributed by atoms with Crippen LogP contribution in [0.1, 0.15) is 5.56 Å². The number of rotatable bonds is 3. The molecule has 0 bridgehead atoms. The van der Waals surface area contributed by atoms with Gasteiger partial charge in [0.2, 0.25) is 0 Å². The largest absolute Gasteiger partial charge is 0.383 e. The molecule has 0 aromatic carbocycles. The molecule has 2 rings (SSSR count). The van der Waals surface area contributed by atoms with Crippen molar-refractivity contribution in [3.63, 3.8) is 0 Å². The number of nitrogens with two attached hydrogens (primary N) is 1. The normalized spacial score (nSPS) is 9.94. The van der Waals surface area contributed by atoms with E-state index in [9.17, 15) is 0 Å². The maximum absolute atomic E-state index is 5.80. The second kappa shape index (κ2) is 4.97. The lowest BCUT2D eigenvalue weighted by molar-refractivity contribution is 1.29. The molecular weight excluding hydrogens is 280 g/mol. The molecule has 0 aliphatic carbocycles. The van der Waals surface area contributed by atoms with Crippen LogP contribution in [-0.2, 0) is 0 Å². The predicted molar refractivity (Wildman–Crippen MR) is 73.2 cm³/mol. The summed E-state index contributed by atoms with van der Waals surface area (Å²) in [5.41, 5.74) is 8.18. The number of halogens is 1. The molecule has 2 aromatic heterocycles. The van der Waals surface area contributed by atoms with E-state index in [0.717, 1.165) is 15.7 Å². The summed E-state index contributed by atoms with van der Waals surface area (Å²) < 4.78 is 0.861. The van der Waals surface area contributed by atoms with Gasteiger partial charge in [-0.15, -0.1) is 0 Å². The first-order chi connectivity index (χ1) is 8.16. The van der Waals surface area contributed by atoms with E-state index in [0.29, 0.717) is 11.5 Å². The van der Waals surface area contributed by atoms with E-state index in [1.807, 2.05) is 18.2 Å². The van der Waals surface area contributed by atoms with Gasteiger partial charge in [-0.2, -0.15) is 0 Å². The molecule has 0 spiro atoms. The SMILES string of the molecule is C=C(Nc1ccncc1)c1cc(Br)cnc1N. The van der Waals surface area contributed by atoms with Crippen LogP contribution in [-0.4, -0.2) is 9.97 Å². The Morgan fingerprint density at radius 3 is 2.76 bits per heavy atom. The highest BCUT2D eigenvalue weighted by atomic mass is 79.9. The molecule has 86 valence electrons. The van der Waals surface area contributed by atoms with Crippen LogP contribution in [0, 0.1) is 0 Å². The molecule has 2 aromatic rings. The van der Waals surface area contributed by atoms with E-state index in [1.165, 1.54) is 0 Å².